The number of hydrogen-bond acceptors (Lipinski definition) is 4. The van der Waals surface area contributed by atoms with Gasteiger partial charge in [0.1, 0.15) is 18.7 Å². The zero-order valence-corrected chi connectivity index (χ0v) is 11.9. The van der Waals surface area contributed by atoms with Gasteiger partial charge in [-0.3, -0.25) is 4.68 Å². The van der Waals surface area contributed by atoms with Gasteiger partial charge in [-0.1, -0.05) is 22.0 Å². The molecule has 1 aromatic heterocycles. The number of hydrogen-bond donors (Lipinski definition) is 1. The standard InChI is InChI=1S/C12H15BrN4O/c1-8(14)10-4-3-9(13)5-11(10)18-6-12-15-7-16-17(12)2/h3-5,7-8H,6,14H2,1-2H3. The number of rotatable bonds is 4. The largest absolute Gasteiger partial charge is 0.485 e. The smallest absolute Gasteiger partial charge is 0.164 e. The summed E-state index contributed by atoms with van der Waals surface area (Å²) in [5.41, 5.74) is 6.89. The van der Waals surface area contributed by atoms with E-state index in [9.17, 15) is 0 Å². The average Bonchev–Trinajstić information content (AvgIpc) is 2.72. The molecule has 0 spiro atoms. The van der Waals surface area contributed by atoms with E-state index in [-0.39, 0.29) is 6.04 Å². The van der Waals surface area contributed by atoms with Crippen molar-refractivity contribution in [1.82, 2.24) is 14.8 Å². The Hall–Kier alpha value is -1.40. The summed E-state index contributed by atoms with van der Waals surface area (Å²) in [5, 5.41) is 4.00. The Kier molecular flexibility index (Phi) is 3.98. The zero-order valence-electron chi connectivity index (χ0n) is 10.3. The van der Waals surface area contributed by atoms with E-state index in [1.54, 1.807) is 4.68 Å². The second-order valence-corrected chi connectivity index (χ2v) is 4.98. The van der Waals surface area contributed by atoms with Crippen LogP contribution >= 0.6 is 15.9 Å². The van der Waals surface area contributed by atoms with Crippen LogP contribution in [-0.4, -0.2) is 14.8 Å². The van der Waals surface area contributed by atoms with Crippen molar-refractivity contribution in [3.63, 3.8) is 0 Å². The lowest BCUT2D eigenvalue weighted by Crippen LogP contribution is -2.10. The molecule has 0 saturated carbocycles. The van der Waals surface area contributed by atoms with Crippen molar-refractivity contribution >= 4 is 15.9 Å². The van der Waals surface area contributed by atoms with Crippen molar-refractivity contribution in [2.24, 2.45) is 12.8 Å². The molecule has 2 N–H and O–H groups in total. The molecule has 0 aliphatic rings. The molecule has 6 heteroatoms. The number of nitrogens with two attached hydrogens (primary N) is 1. The normalized spacial score (nSPS) is 12.4. The summed E-state index contributed by atoms with van der Waals surface area (Å²) in [6, 6.07) is 5.75. The molecule has 18 heavy (non-hydrogen) atoms. The van der Waals surface area contributed by atoms with E-state index in [4.69, 9.17) is 10.5 Å². The maximum atomic E-state index is 5.91. The van der Waals surface area contributed by atoms with Crippen LogP contribution < -0.4 is 10.5 Å². The van der Waals surface area contributed by atoms with Crippen LogP contribution in [0.5, 0.6) is 5.75 Å². The first-order valence-electron chi connectivity index (χ1n) is 5.58. The molecular formula is C12H15BrN4O. The van der Waals surface area contributed by atoms with E-state index in [1.807, 2.05) is 32.2 Å². The van der Waals surface area contributed by atoms with Gasteiger partial charge >= 0.3 is 0 Å². The minimum Gasteiger partial charge on any atom is -0.485 e. The molecule has 0 radical (unpaired) electrons. The highest BCUT2D eigenvalue weighted by molar-refractivity contribution is 9.10. The van der Waals surface area contributed by atoms with Gasteiger partial charge in [-0.05, 0) is 19.1 Å². The second-order valence-electron chi connectivity index (χ2n) is 4.06. The quantitative estimate of drug-likeness (QED) is 0.940. The highest BCUT2D eigenvalue weighted by atomic mass is 79.9. The number of aromatic nitrogens is 3. The summed E-state index contributed by atoms with van der Waals surface area (Å²) in [5.74, 6) is 1.54. The lowest BCUT2D eigenvalue weighted by molar-refractivity contribution is 0.285. The van der Waals surface area contributed by atoms with Crippen molar-refractivity contribution in [2.75, 3.05) is 0 Å². The lowest BCUT2D eigenvalue weighted by atomic mass is 10.1. The van der Waals surface area contributed by atoms with Crippen LogP contribution in [0.2, 0.25) is 0 Å². The summed E-state index contributed by atoms with van der Waals surface area (Å²) in [6.07, 6.45) is 1.51. The molecule has 0 bridgehead atoms. The second kappa shape index (κ2) is 5.49. The van der Waals surface area contributed by atoms with Crippen LogP contribution in [0, 0.1) is 0 Å². The van der Waals surface area contributed by atoms with Crippen molar-refractivity contribution in [3.05, 3.63) is 40.4 Å². The molecule has 0 saturated heterocycles. The van der Waals surface area contributed by atoms with Crippen LogP contribution in [0.15, 0.2) is 29.0 Å². The summed E-state index contributed by atoms with van der Waals surface area (Å²) < 4.78 is 8.41. The molecule has 0 aliphatic heterocycles. The maximum absolute atomic E-state index is 5.91. The van der Waals surface area contributed by atoms with Gasteiger partial charge in [0.2, 0.25) is 0 Å². The maximum Gasteiger partial charge on any atom is 0.164 e. The lowest BCUT2D eigenvalue weighted by Gasteiger charge is -2.14. The number of benzene rings is 1. The van der Waals surface area contributed by atoms with Crippen LogP contribution in [0.3, 0.4) is 0 Å². The Bertz CT molecular complexity index is 539. The number of halogens is 1. The molecule has 1 atom stereocenters. The Balaban J connectivity index is 2.18. The third kappa shape index (κ3) is 2.88. The highest BCUT2D eigenvalue weighted by Crippen LogP contribution is 2.28. The summed E-state index contributed by atoms with van der Waals surface area (Å²) in [6.45, 7) is 2.30. The number of nitrogens with zero attached hydrogens (tertiary/aromatic N) is 3. The van der Waals surface area contributed by atoms with E-state index in [0.29, 0.717) is 6.61 Å². The monoisotopic (exact) mass is 310 g/mol. The number of aryl methyl sites for hydroxylation is 1. The van der Waals surface area contributed by atoms with E-state index in [0.717, 1.165) is 21.6 Å². The van der Waals surface area contributed by atoms with Crippen LogP contribution in [-0.2, 0) is 13.7 Å². The van der Waals surface area contributed by atoms with Crippen molar-refractivity contribution in [1.29, 1.82) is 0 Å². The van der Waals surface area contributed by atoms with Gasteiger partial charge in [-0.15, -0.1) is 0 Å². The van der Waals surface area contributed by atoms with Crippen molar-refractivity contribution in [2.45, 2.75) is 19.6 Å². The van der Waals surface area contributed by atoms with E-state index in [2.05, 4.69) is 26.0 Å². The van der Waals surface area contributed by atoms with Crippen LogP contribution in [0.25, 0.3) is 0 Å². The SMILES string of the molecule is CC(N)c1ccc(Br)cc1OCc1ncnn1C. The van der Waals surface area contributed by atoms with Gasteiger partial charge in [0, 0.05) is 23.1 Å². The molecule has 0 amide bonds. The predicted molar refractivity (Wildman–Crippen MR) is 72.1 cm³/mol. The summed E-state index contributed by atoms with van der Waals surface area (Å²) >= 11 is 3.42. The molecule has 1 unspecified atom stereocenters. The number of ether oxygens (including phenoxy) is 1. The van der Waals surface area contributed by atoms with Gasteiger partial charge in [0.15, 0.2) is 5.82 Å². The van der Waals surface area contributed by atoms with Crippen molar-refractivity contribution in [3.8, 4) is 5.75 Å². The summed E-state index contributed by atoms with van der Waals surface area (Å²) in [7, 11) is 1.83. The van der Waals surface area contributed by atoms with E-state index >= 15 is 0 Å². The van der Waals surface area contributed by atoms with E-state index < -0.39 is 0 Å². The fourth-order valence-corrected chi connectivity index (χ4v) is 1.94. The molecule has 96 valence electrons. The topological polar surface area (TPSA) is 66.0 Å². The molecular weight excluding hydrogens is 296 g/mol. The third-order valence-electron chi connectivity index (χ3n) is 2.63. The Morgan fingerprint density at radius 2 is 2.28 bits per heavy atom. The Labute approximate surface area is 114 Å². The van der Waals surface area contributed by atoms with E-state index in [1.165, 1.54) is 6.33 Å². The fraction of sp³-hybridized carbons (Fsp3) is 0.333. The fourth-order valence-electron chi connectivity index (χ4n) is 1.60. The Morgan fingerprint density at radius 1 is 1.50 bits per heavy atom. The average molecular weight is 311 g/mol. The minimum absolute atomic E-state index is 0.0763. The molecule has 0 aliphatic carbocycles. The first kappa shape index (κ1) is 13.0. The van der Waals surface area contributed by atoms with Crippen LogP contribution in [0.4, 0.5) is 0 Å². The first-order valence-corrected chi connectivity index (χ1v) is 6.38. The minimum atomic E-state index is -0.0763. The highest BCUT2D eigenvalue weighted by Gasteiger charge is 2.10. The van der Waals surface area contributed by atoms with Crippen LogP contribution in [0.1, 0.15) is 24.4 Å². The predicted octanol–water partition coefficient (Wildman–Crippen LogP) is 2.18. The molecule has 0 fully saturated rings. The van der Waals surface area contributed by atoms with Gasteiger partial charge < -0.3 is 10.5 Å². The third-order valence-corrected chi connectivity index (χ3v) is 3.12. The van der Waals surface area contributed by atoms with Gasteiger partial charge in [-0.25, -0.2) is 4.98 Å². The molecule has 2 rings (SSSR count). The molecule has 1 aromatic carbocycles. The van der Waals surface area contributed by atoms with Gasteiger partial charge in [0.05, 0.1) is 0 Å². The first-order chi connectivity index (χ1) is 8.58. The van der Waals surface area contributed by atoms with Crippen molar-refractivity contribution < 1.29 is 4.74 Å². The molecule has 5 nitrogen and oxygen atoms in total. The molecule has 1 heterocycles. The molecule has 2 aromatic rings. The van der Waals surface area contributed by atoms with Gasteiger partial charge in [-0.2, -0.15) is 5.10 Å². The van der Waals surface area contributed by atoms with Gasteiger partial charge in [0.25, 0.3) is 0 Å². The Morgan fingerprint density at radius 3 is 2.89 bits per heavy atom. The summed E-state index contributed by atoms with van der Waals surface area (Å²) in [4.78, 5) is 4.11. The zero-order chi connectivity index (χ0) is 13.1.